The number of nitrogen functional groups attached to an aromatic ring is 1. The van der Waals surface area contributed by atoms with Crippen LogP contribution in [0.4, 0.5) is 5.00 Å². The molecule has 7 heteroatoms. The van der Waals surface area contributed by atoms with Crippen LogP contribution in [0.2, 0.25) is 0 Å². The Bertz CT molecular complexity index is 475. The average molecular weight is 286 g/mol. The molecule has 4 N–H and O–H groups in total. The van der Waals surface area contributed by atoms with Gasteiger partial charge in [0, 0.05) is 24.5 Å². The minimum absolute atomic E-state index is 0.247. The molecule has 6 nitrogen and oxygen atoms in total. The molecule has 19 heavy (non-hydrogen) atoms. The molecule has 1 aromatic rings. The highest BCUT2D eigenvalue weighted by Crippen LogP contribution is 2.35. The highest BCUT2D eigenvalue weighted by molar-refractivity contribution is 7.16. The summed E-state index contributed by atoms with van der Waals surface area (Å²) in [5, 5.41) is 18.8. The fraction of sp³-hybridized carbons (Fsp3) is 0.583. The van der Waals surface area contributed by atoms with Crippen LogP contribution in [0.25, 0.3) is 0 Å². The van der Waals surface area contributed by atoms with Crippen molar-refractivity contribution in [1.82, 2.24) is 4.90 Å². The van der Waals surface area contributed by atoms with Crippen LogP contribution in [0.3, 0.4) is 0 Å². The van der Waals surface area contributed by atoms with Gasteiger partial charge < -0.3 is 20.7 Å². The molecular formula is C12H18N2O4S. The summed E-state index contributed by atoms with van der Waals surface area (Å²) in [5.74, 6) is -0.390. The van der Waals surface area contributed by atoms with Crippen molar-refractivity contribution >= 4 is 22.3 Å². The molecule has 0 aromatic carbocycles. The Morgan fingerprint density at radius 3 is 3.00 bits per heavy atom. The number of anilines is 1. The molecule has 1 unspecified atom stereocenters. The van der Waals surface area contributed by atoms with Gasteiger partial charge in [0.2, 0.25) is 0 Å². The van der Waals surface area contributed by atoms with Crippen molar-refractivity contribution < 1.29 is 19.7 Å². The summed E-state index contributed by atoms with van der Waals surface area (Å²) in [6.45, 7) is 1.53. The van der Waals surface area contributed by atoms with Crippen molar-refractivity contribution in [3.63, 3.8) is 0 Å². The van der Waals surface area contributed by atoms with Gasteiger partial charge >= 0.3 is 5.97 Å². The first-order valence-corrected chi connectivity index (χ1v) is 6.88. The molecular weight excluding hydrogens is 268 g/mol. The second-order valence-electron chi connectivity index (χ2n) is 4.56. The number of carbonyl (C=O) groups is 1. The Balaban J connectivity index is 2.17. The first-order chi connectivity index (χ1) is 9.06. The quantitative estimate of drug-likeness (QED) is 0.665. The normalized spacial score (nSPS) is 17.0. The van der Waals surface area contributed by atoms with Crippen molar-refractivity contribution in [3.05, 3.63) is 16.0 Å². The first-order valence-electron chi connectivity index (χ1n) is 6.06. The number of aliphatic hydroxyl groups is 2. The van der Waals surface area contributed by atoms with E-state index in [0.717, 1.165) is 17.0 Å². The summed E-state index contributed by atoms with van der Waals surface area (Å²) in [5.41, 5.74) is 7.33. The summed E-state index contributed by atoms with van der Waals surface area (Å²) >= 11 is 1.39. The van der Waals surface area contributed by atoms with Crippen LogP contribution in [-0.2, 0) is 17.7 Å². The van der Waals surface area contributed by atoms with E-state index in [1.54, 1.807) is 0 Å². The van der Waals surface area contributed by atoms with Crippen LogP contribution < -0.4 is 5.73 Å². The van der Waals surface area contributed by atoms with E-state index < -0.39 is 6.10 Å². The Kier molecular flexibility index (Phi) is 4.41. The van der Waals surface area contributed by atoms with Gasteiger partial charge in [0.1, 0.15) is 5.00 Å². The molecule has 0 bridgehead atoms. The van der Waals surface area contributed by atoms with Gasteiger partial charge in [-0.15, -0.1) is 11.3 Å². The lowest BCUT2D eigenvalue weighted by Crippen LogP contribution is -2.37. The lowest BCUT2D eigenvalue weighted by molar-refractivity contribution is 0.0547. The molecule has 0 spiro atoms. The highest BCUT2D eigenvalue weighted by atomic mass is 32.1. The maximum absolute atomic E-state index is 11.7. The van der Waals surface area contributed by atoms with E-state index in [9.17, 15) is 9.90 Å². The molecule has 1 aromatic heterocycles. The predicted molar refractivity (Wildman–Crippen MR) is 72.1 cm³/mol. The number of ether oxygens (including phenoxy) is 1. The number of fused-ring (bicyclic) bond motifs is 1. The second-order valence-corrected chi connectivity index (χ2v) is 5.69. The van der Waals surface area contributed by atoms with Crippen molar-refractivity contribution in [2.24, 2.45) is 0 Å². The Hall–Kier alpha value is -1.15. The first kappa shape index (κ1) is 14.3. The molecule has 2 heterocycles. The van der Waals surface area contributed by atoms with E-state index in [0.29, 0.717) is 30.1 Å². The van der Waals surface area contributed by atoms with Crippen molar-refractivity contribution in [3.8, 4) is 0 Å². The lowest BCUT2D eigenvalue weighted by atomic mass is 10.0. The van der Waals surface area contributed by atoms with E-state index in [2.05, 4.69) is 0 Å². The molecule has 0 saturated heterocycles. The molecule has 1 aliphatic heterocycles. The SMILES string of the molecule is COC(=O)c1c(N)sc2c1CCN(CC(O)CO)C2. The number of hydrogen-bond acceptors (Lipinski definition) is 7. The van der Waals surface area contributed by atoms with Crippen LogP contribution in [0, 0.1) is 0 Å². The zero-order chi connectivity index (χ0) is 14.0. The maximum atomic E-state index is 11.7. The number of carbonyl (C=O) groups excluding carboxylic acids is 1. The minimum atomic E-state index is -0.737. The van der Waals surface area contributed by atoms with Crippen LogP contribution in [0.15, 0.2) is 0 Å². The molecule has 1 atom stereocenters. The number of rotatable bonds is 4. The lowest BCUT2D eigenvalue weighted by Gasteiger charge is -2.28. The van der Waals surface area contributed by atoms with Gasteiger partial charge in [-0.3, -0.25) is 4.90 Å². The zero-order valence-corrected chi connectivity index (χ0v) is 11.6. The second kappa shape index (κ2) is 5.87. The third-order valence-corrected chi connectivity index (χ3v) is 4.28. The Labute approximate surface area is 115 Å². The van der Waals surface area contributed by atoms with Crippen LogP contribution >= 0.6 is 11.3 Å². The average Bonchev–Trinajstić information content (AvgIpc) is 2.72. The third kappa shape index (κ3) is 2.89. The van der Waals surface area contributed by atoms with E-state index in [1.807, 2.05) is 4.90 Å². The fourth-order valence-corrected chi connectivity index (χ4v) is 3.46. The Morgan fingerprint density at radius 2 is 2.37 bits per heavy atom. The van der Waals surface area contributed by atoms with Gasteiger partial charge in [0.25, 0.3) is 0 Å². The molecule has 106 valence electrons. The number of nitrogens with two attached hydrogens (primary N) is 1. The summed E-state index contributed by atoms with van der Waals surface area (Å²) < 4.78 is 4.75. The molecule has 0 fully saturated rings. The number of aliphatic hydroxyl groups excluding tert-OH is 2. The summed E-state index contributed by atoms with van der Waals surface area (Å²) in [6, 6.07) is 0. The minimum Gasteiger partial charge on any atom is -0.465 e. The van der Waals surface area contributed by atoms with Gasteiger partial charge in [0.05, 0.1) is 25.4 Å². The summed E-state index contributed by atoms with van der Waals surface area (Å²) in [7, 11) is 1.35. The van der Waals surface area contributed by atoms with Gasteiger partial charge in [-0.1, -0.05) is 0 Å². The summed E-state index contributed by atoms with van der Waals surface area (Å²) in [4.78, 5) is 14.8. The third-order valence-electron chi connectivity index (χ3n) is 3.23. The monoisotopic (exact) mass is 286 g/mol. The zero-order valence-electron chi connectivity index (χ0n) is 10.8. The predicted octanol–water partition coefficient (Wildman–Crippen LogP) is -0.172. The number of β-amino-alcohol motifs (C(OH)–C–C–N with tert-alkyl or cyclic N) is 1. The number of esters is 1. The summed E-state index contributed by atoms with van der Waals surface area (Å²) in [6.07, 6.45) is -0.0371. The van der Waals surface area contributed by atoms with E-state index >= 15 is 0 Å². The number of nitrogens with zero attached hydrogens (tertiary/aromatic N) is 1. The Morgan fingerprint density at radius 1 is 1.63 bits per heavy atom. The molecule has 0 aliphatic carbocycles. The van der Waals surface area contributed by atoms with E-state index in [-0.39, 0.29) is 12.6 Å². The van der Waals surface area contributed by atoms with E-state index in [1.165, 1.54) is 18.4 Å². The van der Waals surface area contributed by atoms with Gasteiger partial charge in [0.15, 0.2) is 0 Å². The van der Waals surface area contributed by atoms with Crippen LogP contribution in [-0.4, -0.2) is 54.0 Å². The molecule has 2 rings (SSSR count). The largest absolute Gasteiger partial charge is 0.465 e. The molecule has 1 aliphatic rings. The highest BCUT2D eigenvalue weighted by Gasteiger charge is 2.27. The standard InChI is InChI=1S/C12H18N2O4S/c1-18-12(17)10-8-2-3-14(4-7(16)6-15)5-9(8)19-11(10)13/h7,15-16H,2-6,13H2,1H3. The number of thiophene rings is 1. The number of hydrogen-bond donors (Lipinski definition) is 3. The van der Waals surface area contributed by atoms with Gasteiger partial charge in [-0.05, 0) is 12.0 Å². The number of methoxy groups -OCH3 is 1. The van der Waals surface area contributed by atoms with E-state index in [4.69, 9.17) is 15.6 Å². The molecule has 0 saturated carbocycles. The smallest absolute Gasteiger partial charge is 0.341 e. The fourth-order valence-electron chi connectivity index (χ4n) is 2.32. The van der Waals surface area contributed by atoms with Crippen LogP contribution in [0.5, 0.6) is 0 Å². The molecule has 0 amide bonds. The van der Waals surface area contributed by atoms with Gasteiger partial charge in [-0.25, -0.2) is 4.79 Å². The molecule has 0 radical (unpaired) electrons. The maximum Gasteiger partial charge on any atom is 0.341 e. The van der Waals surface area contributed by atoms with Crippen molar-refractivity contribution in [1.29, 1.82) is 0 Å². The topological polar surface area (TPSA) is 96.0 Å². The van der Waals surface area contributed by atoms with Crippen molar-refractivity contribution in [2.45, 2.75) is 19.1 Å². The van der Waals surface area contributed by atoms with Crippen molar-refractivity contribution in [2.75, 3.05) is 32.5 Å². The van der Waals surface area contributed by atoms with Gasteiger partial charge in [-0.2, -0.15) is 0 Å². The van der Waals surface area contributed by atoms with Crippen LogP contribution in [0.1, 0.15) is 20.8 Å².